The number of phenolic OH excluding ortho intramolecular Hbond substituents is 1. The normalized spacial score (nSPS) is 20.3. The van der Waals surface area contributed by atoms with Gasteiger partial charge in [-0.15, -0.1) is 16.9 Å². The number of aromatic hydroxyl groups is 1. The fraction of sp³-hybridized carbons (Fsp3) is 0.625. The van der Waals surface area contributed by atoms with Crippen molar-refractivity contribution in [2.45, 2.75) is 108 Å². The predicted molar refractivity (Wildman–Crippen MR) is 184 cm³/mol. The van der Waals surface area contributed by atoms with Gasteiger partial charge in [0.1, 0.15) is 16.8 Å². The van der Waals surface area contributed by atoms with Crippen molar-refractivity contribution < 1.29 is 24.5 Å². The van der Waals surface area contributed by atoms with E-state index in [1.807, 2.05) is 53.7 Å². The number of carbonyl (C=O) groups excluding carboxylic acids is 1. The molecule has 1 saturated heterocycles. The van der Waals surface area contributed by atoms with E-state index < -0.39 is 23.0 Å². The summed E-state index contributed by atoms with van der Waals surface area (Å²) in [7, 11) is 3.11. The maximum absolute atomic E-state index is 13.5. The predicted octanol–water partition coefficient (Wildman–Crippen LogP) is 4.71. The number of ether oxygens (including phenoxy) is 1. The van der Waals surface area contributed by atoms with Crippen LogP contribution in [0.15, 0.2) is 33.6 Å². The molecule has 12 nitrogen and oxygen atoms in total. The van der Waals surface area contributed by atoms with Gasteiger partial charge in [0.2, 0.25) is 5.16 Å². The Balaban J connectivity index is 0.000000738. The minimum Gasteiger partial charge on any atom is -0.507 e. The van der Waals surface area contributed by atoms with Gasteiger partial charge < -0.3 is 20.3 Å². The number of carbonyl (C=O) groups is 2. The Bertz CT molecular complexity index is 1450. The molecular weight excluding hydrogens is 627 g/mol. The number of β-lactam (4-membered cyclic amide) rings is 1. The van der Waals surface area contributed by atoms with Crippen molar-refractivity contribution in [2.75, 3.05) is 18.6 Å². The standard InChI is InChI=1S/C26H34N6O5S2.C6H15N/c1-24(2,3)16-9-14(10-17(19(16)33)25(4,5)6)11-27-26(37-8)21(36)32-18(20(34)35)15(12-38-22(26)32)13-39-23-28-29-30-31(23)7;1-5(2)7-6(3)4/h9-11,22,33H,12-13H2,1-8H3,(H,34,35);5-7H,1-4H3/b27-11+;/t22-,26+;/m1./s1. The number of tetrazole rings is 1. The van der Waals surface area contributed by atoms with Crippen molar-refractivity contribution in [1.29, 1.82) is 0 Å². The van der Waals surface area contributed by atoms with Crippen LogP contribution < -0.4 is 5.32 Å². The van der Waals surface area contributed by atoms with Crippen molar-refractivity contribution in [3.8, 4) is 5.75 Å². The SMILES string of the molecule is CC(C)NC(C)C.CO[C@@]1(/N=C/c2cc(C(C)(C)C)c(O)c(C(C)(C)C)c2)C(=O)N2C(C(=O)O)=C(CSc3nnnn3C)CS[C@@H]21. The lowest BCUT2D eigenvalue weighted by Gasteiger charge is -2.53. The van der Waals surface area contributed by atoms with E-state index in [2.05, 4.69) is 53.5 Å². The molecular formula is C32H49N7O5S2. The van der Waals surface area contributed by atoms with Crippen LogP contribution in [0.5, 0.6) is 5.75 Å². The minimum absolute atomic E-state index is 0.0519. The minimum atomic E-state index is -1.56. The van der Waals surface area contributed by atoms with Crippen LogP contribution in [0.25, 0.3) is 0 Å². The molecule has 0 bridgehead atoms. The number of carboxylic acids is 1. The molecule has 1 aromatic heterocycles. The van der Waals surface area contributed by atoms with Crippen LogP contribution in [-0.4, -0.2) is 95.2 Å². The summed E-state index contributed by atoms with van der Waals surface area (Å²) < 4.78 is 7.19. The summed E-state index contributed by atoms with van der Waals surface area (Å²) in [6.07, 6.45) is 1.58. The van der Waals surface area contributed by atoms with Gasteiger partial charge in [-0.05, 0) is 44.5 Å². The van der Waals surface area contributed by atoms with Crippen LogP contribution in [0.3, 0.4) is 0 Å². The average Bonchev–Trinajstić information content (AvgIpc) is 3.35. The highest BCUT2D eigenvalue weighted by atomic mass is 32.2. The van der Waals surface area contributed by atoms with Gasteiger partial charge in [-0.3, -0.25) is 9.69 Å². The molecule has 2 aromatic rings. The summed E-state index contributed by atoms with van der Waals surface area (Å²) >= 11 is 2.71. The molecule has 2 aliphatic rings. The molecule has 3 heterocycles. The van der Waals surface area contributed by atoms with Gasteiger partial charge in [-0.1, -0.05) is 81.0 Å². The molecule has 2 atom stereocenters. The Morgan fingerprint density at radius 1 is 1.17 bits per heavy atom. The Hall–Kier alpha value is -2.94. The van der Waals surface area contributed by atoms with Gasteiger partial charge >= 0.3 is 5.97 Å². The first-order valence-electron chi connectivity index (χ1n) is 15.2. The molecule has 1 fully saturated rings. The number of nitrogens with zero attached hydrogens (tertiary/aromatic N) is 6. The van der Waals surface area contributed by atoms with Gasteiger partial charge in [-0.25, -0.2) is 14.5 Å². The van der Waals surface area contributed by atoms with Gasteiger partial charge in [0.25, 0.3) is 11.6 Å². The van der Waals surface area contributed by atoms with E-state index in [9.17, 15) is 19.8 Å². The number of nitrogens with one attached hydrogen (secondary N) is 1. The second kappa shape index (κ2) is 14.4. The number of benzene rings is 1. The number of fused-ring (bicyclic) bond motifs is 1. The number of aliphatic imine (C=N–C) groups is 1. The zero-order chi connectivity index (χ0) is 34.8. The molecule has 0 aliphatic carbocycles. The number of phenols is 1. The Labute approximate surface area is 280 Å². The van der Waals surface area contributed by atoms with E-state index in [1.165, 1.54) is 40.2 Å². The summed E-state index contributed by atoms with van der Waals surface area (Å²) in [4.78, 5) is 31.7. The van der Waals surface area contributed by atoms with Crippen molar-refractivity contribution in [3.05, 3.63) is 40.1 Å². The van der Waals surface area contributed by atoms with Crippen molar-refractivity contribution >= 4 is 41.6 Å². The Morgan fingerprint density at radius 3 is 2.15 bits per heavy atom. The van der Waals surface area contributed by atoms with Gasteiger partial charge in [0.05, 0.1) is 0 Å². The number of aryl methyl sites for hydroxylation is 1. The highest BCUT2D eigenvalue weighted by Gasteiger charge is 2.66. The molecule has 2 aliphatic heterocycles. The third kappa shape index (κ3) is 8.12. The number of amides is 1. The van der Waals surface area contributed by atoms with Gasteiger partial charge in [0.15, 0.2) is 0 Å². The van der Waals surface area contributed by atoms with Crippen molar-refractivity contribution in [3.63, 3.8) is 0 Å². The van der Waals surface area contributed by atoms with Crippen LogP contribution in [-0.2, 0) is 32.2 Å². The fourth-order valence-corrected chi connectivity index (χ4v) is 7.67. The largest absolute Gasteiger partial charge is 0.507 e. The van der Waals surface area contributed by atoms with Crippen molar-refractivity contribution in [2.24, 2.45) is 12.0 Å². The van der Waals surface area contributed by atoms with Crippen LogP contribution in [0.4, 0.5) is 0 Å². The first-order valence-corrected chi connectivity index (χ1v) is 17.3. The van der Waals surface area contributed by atoms with Gasteiger partial charge in [0, 0.05) is 55.1 Å². The van der Waals surface area contributed by atoms with E-state index in [1.54, 1.807) is 13.3 Å². The second-order valence-corrected chi connectivity index (χ2v) is 16.1. The Morgan fingerprint density at radius 2 is 1.74 bits per heavy atom. The van der Waals surface area contributed by atoms with Crippen molar-refractivity contribution in [1.82, 2.24) is 30.4 Å². The smallest absolute Gasteiger partial charge is 0.352 e. The van der Waals surface area contributed by atoms with Crippen LogP contribution >= 0.6 is 23.5 Å². The van der Waals surface area contributed by atoms with E-state index in [0.717, 1.165) is 16.7 Å². The number of aliphatic carboxylic acids is 1. The molecule has 1 aromatic carbocycles. The summed E-state index contributed by atoms with van der Waals surface area (Å²) in [5.41, 5.74) is 0.595. The lowest BCUT2D eigenvalue weighted by molar-refractivity contribution is -0.182. The molecule has 254 valence electrons. The molecule has 46 heavy (non-hydrogen) atoms. The number of thioether (sulfide) groups is 2. The second-order valence-electron chi connectivity index (χ2n) is 14.1. The van der Waals surface area contributed by atoms with E-state index in [-0.39, 0.29) is 22.3 Å². The fourth-order valence-electron chi connectivity index (χ4n) is 5.25. The van der Waals surface area contributed by atoms with Crippen LogP contribution in [0, 0.1) is 0 Å². The zero-order valence-electron chi connectivity index (χ0n) is 29.0. The summed E-state index contributed by atoms with van der Waals surface area (Å²) in [6.45, 7) is 20.7. The molecule has 0 radical (unpaired) electrons. The first kappa shape index (κ1) is 37.5. The quantitative estimate of drug-likeness (QED) is 0.192. The third-order valence-electron chi connectivity index (χ3n) is 7.38. The average molecular weight is 676 g/mol. The number of hydrogen-bond donors (Lipinski definition) is 3. The Kier molecular flexibility index (Phi) is 11.8. The monoisotopic (exact) mass is 675 g/mol. The molecule has 0 spiro atoms. The molecule has 0 unspecified atom stereocenters. The number of carboxylic acid groups (broad SMARTS) is 1. The number of aromatic nitrogens is 4. The number of methoxy groups -OCH3 is 1. The molecule has 3 N–H and O–H groups in total. The lowest BCUT2D eigenvalue weighted by Crippen LogP contribution is -2.73. The summed E-state index contributed by atoms with van der Waals surface area (Å²) in [5, 5.41) is 35.6. The zero-order valence-corrected chi connectivity index (χ0v) is 30.6. The topological polar surface area (TPSA) is 155 Å². The molecule has 0 saturated carbocycles. The van der Waals surface area contributed by atoms with E-state index in [0.29, 0.717) is 34.3 Å². The van der Waals surface area contributed by atoms with Gasteiger partial charge in [-0.2, -0.15) is 0 Å². The molecule has 4 rings (SSSR count). The van der Waals surface area contributed by atoms with E-state index in [4.69, 9.17) is 4.74 Å². The summed E-state index contributed by atoms with van der Waals surface area (Å²) in [6, 6.07) is 4.98. The maximum Gasteiger partial charge on any atom is 0.352 e. The number of rotatable bonds is 9. The van der Waals surface area contributed by atoms with Crippen LogP contribution in [0.1, 0.15) is 85.9 Å². The first-order chi connectivity index (χ1) is 21.2. The third-order valence-corrected chi connectivity index (χ3v) is 9.83. The highest BCUT2D eigenvalue weighted by Crippen LogP contribution is 2.49. The van der Waals surface area contributed by atoms with Crippen LogP contribution in [0.2, 0.25) is 0 Å². The van der Waals surface area contributed by atoms with E-state index >= 15 is 0 Å². The molecule has 14 heteroatoms. The lowest BCUT2D eigenvalue weighted by atomic mass is 9.78. The summed E-state index contributed by atoms with van der Waals surface area (Å²) in [5.74, 6) is -0.763. The highest BCUT2D eigenvalue weighted by molar-refractivity contribution is 8.01. The maximum atomic E-state index is 13.5. The number of hydrogen-bond acceptors (Lipinski definition) is 11. The molecule has 1 amide bonds.